The molecule has 4 nitrogen and oxygen atoms in total. The van der Waals surface area contributed by atoms with Gasteiger partial charge in [0.15, 0.2) is 0 Å². The van der Waals surface area contributed by atoms with Gasteiger partial charge in [0.1, 0.15) is 0 Å². The van der Waals surface area contributed by atoms with Crippen LogP contribution in [0.25, 0.3) is 0 Å². The normalized spacial score (nSPS) is 16.3. The highest BCUT2D eigenvalue weighted by Gasteiger charge is 2.40. The number of rotatable bonds is 8. The molecule has 0 spiro atoms. The zero-order valence-corrected chi connectivity index (χ0v) is 15.3. The molecule has 0 aromatic heterocycles. The van der Waals surface area contributed by atoms with E-state index in [0.29, 0.717) is 5.92 Å². The number of amides is 1. The van der Waals surface area contributed by atoms with Crippen LogP contribution in [-0.2, 0) is 9.59 Å². The predicted molar refractivity (Wildman–Crippen MR) is 98.4 cm³/mol. The van der Waals surface area contributed by atoms with Crippen molar-refractivity contribution in [1.29, 1.82) is 0 Å². The average molecular weight is 349 g/mol. The van der Waals surface area contributed by atoms with E-state index in [0.717, 1.165) is 49.1 Å². The van der Waals surface area contributed by atoms with Crippen LogP contribution < -0.4 is 5.32 Å². The maximum absolute atomic E-state index is 13.0. The smallest absolute Gasteiger partial charge is 0.313 e. The third kappa shape index (κ3) is 5.00. The van der Waals surface area contributed by atoms with Crippen LogP contribution in [0.1, 0.15) is 52.4 Å². The van der Waals surface area contributed by atoms with Crippen LogP contribution in [-0.4, -0.2) is 22.7 Å². The summed E-state index contributed by atoms with van der Waals surface area (Å²) < 4.78 is 0. The first-order valence-electron chi connectivity index (χ1n) is 8.68. The van der Waals surface area contributed by atoms with E-state index < -0.39 is 5.97 Å². The molecule has 1 amide bonds. The molecule has 132 valence electrons. The topological polar surface area (TPSA) is 66.4 Å². The number of nitrogens with one attached hydrogen (secondary N) is 1. The number of carboxylic acids is 1. The van der Waals surface area contributed by atoms with Gasteiger partial charge < -0.3 is 10.4 Å². The molecule has 1 saturated carbocycles. The summed E-state index contributed by atoms with van der Waals surface area (Å²) >= 11 is 1.24. The molecule has 2 rings (SSSR count). The van der Waals surface area contributed by atoms with E-state index in [4.69, 9.17) is 5.11 Å². The summed E-state index contributed by atoms with van der Waals surface area (Å²) in [6.45, 7) is 4.39. The van der Waals surface area contributed by atoms with Crippen molar-refractivity contribution in [1.82, 2.24) is 0 Å². The van der Waals surface area contributed by atoms with Gasteiger partial charge in [0, 0.05) is 10.3 Å². The van der Waals surface area contributed by atoms with E-state index in [9.17, 15) is 9.59 Å². The Hall–Kier alpha value is -1.49. The summed E-state index contributed by atoms with van der Waals surface area (Å²) in [5, 5.41) is 12.0. The van der Waals surface area contributed by atoms with Gasteiger partial charge >= 0.3 is 5.97 Å². The van der Waals surface area contributed by atoms with E-state index in [1.54, 1.807) is 0 Å². The van der Waals surface area contributed by atoms with Crippen molar-refractivity contribution in [2.24, 2.45) is 11.3 Å². The lowest BCUT2D eigenvalue weighted by molar-refractivity contribution is -0.134. The van der Waals surface area contributed by atoms with Gasteiger partial charge in [-0.25, -0.2) is 0 Å². The SMILES string of the molecule is CC(C)CCC1(C(=O)Nc2ccccc2SCC(=O)O)CCCC1. The van der Waals surface area contributed by atoms with Gasteiger partial charge in [-0.15, -0.1) is 11.8 Å². The summed E-state index contributed by atoms with van der Waals surface area (Å²) in [5.74, 6) is -0.172. The molecule has 1 aliphatic carbocycles. The number of benzene rings is 1. The first kappa shape index (κ1) is 18.8. The molecule has 0 radical (unpaired) electrons. The molecule has 0 atom stereocenters. The van der Waals surface area contributed by atoms with Crippen LogP contribution in [0.4, 0.5) is 5.69 Å². The molecule has 1 aromatic rings. The number of carbonyl (C=O) groups is 2. The van der Waals surface area contributed by atoms with Gasteiger partial charge in [-0.05, 0) is 43.7 Å². The highest BCUT2D eigenvalue weighted by atomic mass is 32.2. The largest absolute Gasteiger partial charge is 0.481 e. The van der Waals surface area contributed by atoms with E-state index in [1.807, 2.05) is 24.3 Å². The minimum absolute atomic E-state index is 0.00856. The Morgan fingerprint density at radius 1 is 1.25 bits per heavy atom. The second-order valence-corrected chi connectivity index (χ2v) is 8.07. The molecule has 2 N–H and O–H groups in total. The van der Waals surface area contributed by atoms with Crippen molar-refractivity contribution in [2.75, 3.05) is 11.1 Å². The van der Waals surface area contributed by atoms with E-state index in [2.05, 4.69) is 19.2 Å². The molecule has 24 heavy (non-hydrogen) atoms. The molecule has 1 fully saturated rings. The number of thioether (sulfide) groups is 1. The second kappa shape index (κ2) is 8.56. The molecule has 0 heterocycles. The Balaban J connectivity index is 2.11. The van der Waals surface area contributed by atoms with Crippen LogP contribution in [0.2, 0.25) is 0 Å². The summed E-state index contributed by atoms with van der Waals surface area (Å²) in [6.07, 6.45) is 6.12. The summed E-state index contributed by atoms with van der Waals surface area (Å²) in [4.78, 5) is 24.6. The lowest BCUT2D eigenvalue weighted by Crippen LogP contribution is -2.34. The highest BCUT2D eigenvalue weighted by Crippen LogP contribution is 2.44. The van der Waals surface area contributed by atoms with Gasteiger partial charge in [0.2, 0.25) is 5.91 Å². The molecule has 0 saturated heterocycles. The Morgan fingerprint density at radius 2 is 1.92 bits per heavy atom. The average Bonchev–Trinajstić information content (AvgIpc) is 3.02. The molecular formula is C19H27NO3S. The van der Waals surface area contributed by atoms with Crippen molar-refractivity contribution in [3.05, 3.63) is 24.3 Å². The first-order chi connectivity index (χ1) is 11.4. The standard InChI is InChI=1S/C19H27NO3S/c1-14(2)9-12-19(10-5-6-11-19)18(23)20-15-7-3-4-8-16(15)24-13-17(21)22/h3-4,7-8,14H,5-6,9-13H2,1-2H3,(H,20,23)(H,21,22). The van der Waals surface area contributed by atoms with Crippen LogP contribution in [0.15, 0.2) is 29.2 Å². The van der Waals surface area contributed by atoms with Crippen molar-refractivity contribution in [2.45, 2.75) is 57.3 Å². The number of aliphatic carboxylic acids is 1. The fraction of sp³-hybridized carbons (Fsp3) is 0.579. The molecule has 1 aliphatic rings. The van der Waals surface area contributed by atoms with Crippen LogP contribution in [0.5, 0.6) is 0 Å². The Labute approximate surface area is 148 Å². The van der Waals surface area contributed by atoms with Gasteiger partial charge in [0.05, 0.1) is 11.4 Å². The first-order valence-corrected chi connectivity index (χ1v) is 9.66. The number of carboxylic acid groups (broad SMARTS) is 1. The lowest BCUT2D eigenvalue weighted by atomic mass is 9.79. The maximum atomic E-state index is 13.0. The Bertz CT molecular complexity index is 580. The van der Waals surface area contributed by atoms with E-state index >= 15 is 0 Å². The van der Waals surface area contributed by atoms with E-state index in [1.165, 1.54) is 11.8 Å². The van der Waals surface area contributed by atoms with E-state index in [-0.39, 0.29) is 17.1 Å². The summed E-state index contributed by atoms with van der Waals surface area (Å²) in [7, 11) is 0. The number of anilines is 1. The van der Waals surface area contributed by atoms with Crippen LogP contribution in [0, 0.1) is 11.3 Å². The number of para-hydroxylation sites is 1. The van der Waals surface area contributed by atoms with Gasteiger partial charge in [-0.1, -0.05) is 38.8 Å². The zero-order chi connectivity index (χ0) is 17.6. The van der Waals surface area contributed by atoms with Gasteiger partial charge in [0.25, 0.3) is 0 Å². The quantitative estimate of drug-likeness (QED) is 0.662. The fourth-order valence-corrected chi connectivity index (χ4v) is 4.03. The second-order valence-electron chi connectivity index (χ2n) is 7.05. The Kier molecular flexibility index (Phi) is 6.72. The molecule has 1 aromatic carbocycles. The minimum Gasteiger partial charge on any atom is -0.481 e. The van der Waals surface area contributed by atoms with Crippen molar-refractivity contribution in [3.8, 4) is 0 Å². The number of hydrogen-bond donors (Lipinski definition) is 2. The number of carbonyl (C=O) groups excluding carboxylic acids is 1. The molecule has 0 unspecified atom stereocenters. The monoisotopic (exact) mass is 349 g/mol. The highest BCUT2D eigenvalue weighted by molar-refractivity contribution is 8.00. The molecule has 0 bridgehead atoms. The van der Waals surface area contributed by atoms with Crippen molar-refractivity contribution >= 4 is 29.3 Å². The lowest BCUT2D eigenvalue weighted by Gasteiger charge is -2.29. The minimum atomic E-state index is -0.856. The third-order valence-corrected chi connectivity index (χ3v) is 5.79. The van der Waals surface area contributed by atoms with Gasteiger partial charge in [-0.2, -0.15) is 0 Å². The maximum Gasteiger partial charge on any atom is 0.313 e. The van der Waals surface area contributed by atoms with Gasteiger partial charge in [-0.3, -0.25) is 9.59 Å². The summed E-state index contributed by atoms with van der Waals surface area (Å²) in [6, 6.07) is 7.45. The van der Waals surface area contributed by atoms with Crippen molar-refractivity contribution < 1.29 is 14.7 Å². The fourth-order valence-electron chi connectivity index (χ4n) is 3.30. The molecule has 0 aliphatic heterocycles. The Morgan fingerprint density at radius 3 is 2.54 bits per heavy atom. The third-order valence-electron chi connectivity index (χ3n) is 4.73. The van der Waals surface area contributed by atoms with Crippen molar-refractivity contribution in [3.63, 3.8) is 0 Å². The zero-order valence-electron chi connectivity index (χ0n) is 14.5. The molecule has 5 heteroatoms. The van der Waals surface area contributed by atoms with Crippen LogP contribution >= 0.6 is 11.8 Å². The predicted octanol–water partition coefficient (Wildman–Crippen LogP) is 4.80. The summed E-state index contributed by atoms with van der Waals surface area (Å²) in [5.41, 5.74) is 0.471. The van der Waals surface area contributed by atoms with Crippen LogP contribution in [0.3, 0.4) is 0 Å². The molecular weight excluding hydrogens is 322 g/mol. The number of hydrogen-bond acceptors (Lipinski definition) is 3.